The Morgan fingerprint density at radius 1 is 1.07 bits per heavy atom. The number of hydrogen-bond acceptors (Lipinski definition) is 7. The van der Waals surface area contributed by atoms with Crippen LogP contribution in [0.25, 0.3) is 0 Å². The molecule has 30 heavy (non-hydrogen) atoms. The van der Waals surface area contributed by atoms with Crippen LogP contribution in [0.5, 0.6) is 5.75 Å². The smallest absolute Gasteiger partial charge is 0.339 e. The van der Waals surface area contributed by atoms with Crippen LogP contribution >= 0.6 is 11.8 Å². The summed E-state index contributed by atoms with van der Waals surface area (Å²) in [6.07, 6.45) is 0.618. The lowest BCUT2D eigenvalue weighted by molar-refractivity contribution is -0.113. The highest BCUT2D eigenvalue weighted by atomic mass is 32.2. The summed E-state index contributed by atoms with van der Waals surface area (Å²) in [4.78, 5) is 24.2. The Hall–Kier alpha value is -3.33. The quantitative estimate of drug-likeness (QED) is 0.437. The molecule has 1 heterocycles. The highest BCUT2D eigenvalue weighted by Crippen LogP contribution is 2.20. The van der Waals surface area contributed by atoms with Gasteiger partial charge in [0.25, 0.3) is 0 Å². The van der Waals surface area contributed by atoms with Gasteiger partial charge in [0.2, 0.25) is 5.91 Å². The number of anilines is 1. The molecule has 0 aliphatic heterocycles. The Labute approximate surface area is 178 Å². The molecule has 0 saturated carbocycles. The Kier molecular flexibility index (Phi) is 7.08. The fourth-order valence-corrected chi connectivity index (χ4v) is 3.48. The normalized spacial score (nSPS) is 10.5. The van der Waals surface area contributed by atoms with Gasteiger partial charge in [0.05, 0.1) is 31.2 Å². The zero-order valence-electron chi connectivity index (χ0n) is 16.9. The Morgan fingerprint density at radius 3 is 2.50 bits per heavy atom. The maximum Gasteiger partial charge on any atom is 0.339 e. The van der Waals surface area contributed by atoms with E-state index in [4.69, 9.17) is 9.47 Å². The molecular formula is C21H22N4O4S. The van der Waals surface area contributed by atoms with Crippen molar-refractivity contribution in [1.29, 1.82) is 0 Å². The van der Waals surface area contributed by atoms with Crippen LogP contribution < -0.4 is 10.1 Å². The zero-order chi connectivity index (χ0) is 21.5. The van der Waals surface area contributed by atoms with E-state index >= 15 is 0 Å². The van der Waals surface area contributed by atoms with Gasteiger partial charge in [-0.15, -0.1) is 10.2 Å². The van der Waals surface area contributed by atoms with Crippen LogP contribution in [-0.2, 0) is 23.0 Å². The molecule has 3 rings (SSSR count). The third kappa shape index (κ3) is 5.18. The van der Waals surface area contributed by atoms with Gasteiger partial charge in [-0.2, -0.15) is 0 Å². The molecule has 0 fully saturated rings. The first kappa shape index (κ1) is 21.4. The largest absolute Gasteiger partial charge is 0.497 e. The van der Waals surface area contributed by atoms with Crippen molar-refractivity contribution >= 4 is 29.3 Å². The van der Waals surface area contributed by atoms with Gasteiger partial charge in [-0.25, -0.2) is 4.79 Å². The lowest BCUT2D eigenvalue weighted by Crippen LogP contribution is -2.17. The van der Waals surface area contributed by atoms with Crippen molar-refractivity contribution in [2.45, 2.75) is 11.6 Å². The number of esters is 1. The summed E-state index contributed by atoms with van der Waals surface area (Å²) >= 11 is 1.27. The second-order valence-electron chi connectivity index (χ2n) is 6.36. The van der Waals surface area contributed by atoms with Crippen molar-refractivity contribution in [1.82, 2.24) is 14.8 Å². The Morgan fingerprint density at radius 2 is 1.80 bits per heavy atom. The van der Waals surface area contributed by atoms with Crippen LogP contribution in [0.3, 0.4) is 0 Å². The molecule has 1 N–H and O–H groups in total. The predicted molar refractivity (Wildman–Crippen MR) is 114 cm³/mol. The second kappa shape index (κ2) is 9.93. The van der Waals surface area contributed by atoms with Crippen LogP contribution in [0.15, 0.2) is 53.7 Å². The summed E-state index contributed by atoms with van der Waals surface area (Å²) in [5.41, 5.74) is 1.80. The van der Waals surface area contributed by atoms with E-state index in [9.17, 15) is 9.59 Å². The molecule has 0 unspecified atom stereocenters. The summed E-state index contributed by atoms with van der Waals surface area (Å²) in [6, 6.07) is 14.5. The average molecular weight is 426 g/mol. The van der Waals surface area contributed by atoms with E-state index in [-0.39, 0.29) is 11.7 Å². The summed E-state index contributed by atoms with van der Waals surface area (Å²) in [6.45, 7) is 0. The van der Waals surface area contributed by atoms with E-state index in [1.807, 2.05) is 35.9 Å². The van der Waals surface area contributed by atoms with Gasteiger partial charge < -0.3 is 19.4 Å². The van der Waals surface area contributed by atoms with E-state index < -0.39 is 5.97 Å². The van der Waals surface area contributed by atoms with Gasteiger partial charge in [0, 0.05) is 13.5 Å². The minimum absolute atomic E-state index is 0.129. The van der Waals surface area contributed by atoms with Crippen LogP contribution in [0, 0.1) is 0 Å². The van der Waals surface area contributed by atoms with Gasteiger partial charge in [-0.3, -0.25) is 4.79 Å². The maximum absolute atomic E-state index is 12.4. The monoisotopic (exact) mass is 426 g/mol. The molecule has 1 aromatic heterocycles. The van der Waals surface area contributed by atoms with Crippen molar-refractivity contribution in [3.63, 3.8) is 0 Å². The molecule has 9 heteroatoms. The van der Waals surface area contributed by atoms with Crippen molar-refractivity contribution in [2.75, 3.05) is 25.3 Å². The van der Waals surface area contributed by atoms with E-state index in [2.05, 4.69) is 15.5 Å². The van der Waals surface area contributed by atoms with E-state index in [1.54, 1.807) is 31.4 Å². The number of nitrogens with one attached hydrogen (secondary N) is 1. The number of para-hydroxylation sites is 1. The number of ether oxygens (including phenoxy) is 2. The predicted octanol–water partition coefficient (Wildman–Crippen LogP) is 2.93. The lowest BCUT2D eigenvalue weighted by atomic mass is 10.1. The topological polar surface area (TPSA) is 95.3 Å². The number of amides is 1. The Balaban J connectivity index is 1.60. The maximum atomic E-state index is 12.4. The minimum atomic E-state index is -0.505. The van der Waals surface area contributed by atoms with Gasteiger partial charge in [0.15, 0.2) is 5.16 Å². The zero-order valence-corrected chi connectivity index (χ0v) is 17.7. The van der Waals surface area contributed by atoms with E-state index in [0.29, 0.717) is 22.8 Å². The first-order chi connectivity index (χ1) is 14.5. The molecule has 0 saturated heterocycles. The molecule has 0 atom stereocenters. The fourth-order valence-electron chi connectivity index (χ4n) is 2.75. The number of aromatic nitrogens is 3. The first-order valence-corrected chi connectivity index (χ1v) is 10.1. The number of carbonyl (C=O) groups is 2. The molecule has 0 aliphatic carbocycles. The molecular weight excluding hydrogens is 404 g/mol. The molecule has 3 aromatic rings. The number of thioether (sulfide) groups is 1. The highest BCUT2D eigenvalue weighted by Gasteiger charge is 2.15. The minimum Gasteiger partial charge on any atom is -0.497 e. The van der Waals surface area contributed by atoms with Crippen LogP contribution in [0.2, 0.25) is 0 Å². The molecule has 0 radical (unpaired) electrons. The molecule has 0 aliphatic rings. The van der Waals surface area contributed by atoms with Crippen LogP contribution in [-0.4, -0.2) is 46.6 Å². The van der Waals surface area contributed by atoms with Crippen LogP contribution in [0.1, 0.15) is 21.7 Å². The third-order valence-electron chi connectivity index (χ3n) is 4.39. The van der Waals surface area contributed by atoms with Crippen molar-refractivity contribution in [3.05, 3.63) is 65.5 Å². The van der Waals surface area contributed by atoms with E-state index in [1.165, 1.54) is 18.9 Å². The molecule has 2 aromatic carbocycles. The average Bonchev–Trinajstić information content (AvgIpc) is 3.12. The van der Waals surface area contributed by atoms with Gasteiger partial charge in [0.1, 0.15) is 11.6 Å². The van der Waals surface area contributed by atoms with Crippen molar-refractivity contribution < 1.29 is 19.1 Å². The highest BCUT2D eigenvalue weighted by molar-refractivity contribution is 7.99. The summed E-state index contributed by atoms with van der Waals surface area (Å²) in [7, 11) is 4.80. The molecule has 8 nitrogen and oxygen atoms in total. The van der Waals surface area contributed by atoms with Crippen molar-refractivity contribution in [2.24, 2.45) is 7.05 Å². The number of benzene rings is 2. The standard InChI is InChI=1S/C21H22N4O4S/c1-25-18(12-14-8-10-15(28-2)11-9-14)23-24-21(25)30-13-19(26)22-17-7-5-4-6-16(17)20(27)29-3/h4-11H,12-13H2,1-3H3,(H,22,26). The van der Waals surface area contributed by atoms with Crippen molar-refractivity contribution in [3.8, 4) is 5.75 Å². The summed E-state index contributed by atoms with van der Waals surface area (Å²) in [5.74, 6) is 0.960. The van der Waals surface area contributed by atoms with Crippen LogP contribution in [0.4, 0.5) is 5.69 Å². The molecule has 156 valence electrons. The number of rotatable bonds is 8. The molecule has 0 bridgehead atoms. The number of methoxy groups -OCH3 is 2. The van der Waals surface area contributed by atoms with Gasteiger partial charge in [-0.1, -0.05) is 36.0 Å². The van der Waals surface area contributed by atoms with Gasteiger partial charge in [-0.05, 0) is 29.8 Å². The second-order valence-corrected chi connectivity index (χ2v) is 7.30. The molecule has 1 amide bonds. The molecule has 0 spiro atoms. The summed E-state index contributed by atoms with van der Waals surface area (Å²) in [5, 5.41) is 11.8. The SMILES string of the molecule is COC(=O)c1ccccc1NC(=O)CSc1nnc(Cc2ccc(OC)cc2)n1C. The first-order valence-electron chi connectivity index (χ1n) is 9.13. The van der Waals surface area contributed by atoms with E-state index in [0.717, 1.165) is 17.1 Å². The summed E-state index contributed by atoms with van der Waals surface area (Å²) < 4.78 is 11.8. The number of carbonyl (C=O) groups excluding carboxylic acids is 2. The van der Waals surface area contributed by atoms with Gasteiger partial charge >= 0.3 is 5.97 Å². The fraction of sp³-hybridized carbons (Fsp3) is 0.238. The third-order valence-corrected chi connectivity index (χ3v) is 5.41. The Bertz CT molecular complexity index is 1030. The number of hydrogen-bond donors (Lipinski definition) is 1. The lowest BCUT2D eigenvalue weighted by Gasteiger charge is -2.09. The number of nitrogens with zero attached hydrogens (tertiary/aromatic N) is 3.